The van der Waals surface area contributed by atoms with E-state index in [2.05, 4.69) is 9.88 Å². The van der Waals surface area contributed by atoms with Crippen molar-refractivity contribution in [1.29, 1.82) is 0 Å². The van der Waals surface area contributed by atoms with Gasteiger partial charge in [-0.2, -0.15) is 4.72 Å². The Labute approximate surface area is 121 Å². The van der Waals surface area contributed by atoms with Gasteiger partial charge < -0.3 is 10.9 Å². The molecule has 1 heterocycles. The highest BCUT2D eigenvalue weighted by Gasteiger charge is 2.34. The average Bonchev–Trinajstić information content (AvgIpc) is 2.68. The summed E-state index contributed by atoms with van der Waals surface area (Å²) in [6, 6.07) is 1.48. The highest BCUT2D eigenvalue weighted by atomic mass is 35.5. The summed E-state index contributed by atoms with van der Waals surface area (Å²) in [5.41, 5.74) is 5.07. The second kappa shape index (κ2) is 5.66. The lowest BCUT2D eigenvalue weighted by atomic mass is 10.00. The molecule has 0 aliphatic rings. The number of nitrogens with two attached hydrogens (primary N) is 1. The van der Waals surface area contributed by atoms with Crippen molar-refractivity contribution in [2.45, 2.75) is 36.9 Å². The highest BCUT2D eigenvalue weighted by Crippen LogP contribution is 2.30. The molecule has 1 aromatic heterocycles. The van der Waals surface area contributed by atoms with Crippen molar-refractivity contribution < 1.29 is 13.6 Å². The van der Waals surface area contributed by atoms with Gasteiger partial charge in [0.05, 0.1) is 9.88 Å². The third-order valence-corrected chi connectivity index (χ3v) is 6.46. The highest BCUT2D eigenvalue weighted by molar-refractivity contribution is 7.91. The van der Waals surface area contributed by atoms with Crippen LogP contribution in [0.5, 0.6) is 0 Å². The van der Waals surface area contributed by atoms with Crippen LogP contribution in [0.2, 0.25) is 4.34 Å². The normalized spacial score (nSPS) is 16.3. The molecule has 0 saturated carbocycles. The predicted octanol–water partition coefficient (Wildman–Crippen LogP) is 1.90. The van der Waals surface area contributed by atoms with E-state index in [9.17, 15) is 8.42 Å². The first-order valence-electron chi connectivity index (χ1n) is 5.44. The largest absolute Gasteiger partial charge is 0.409 e. The van der Waals surface area contributed by atoms with E-state index in [0.717, 1.165) is 11.3 Å². The van der Waals surface area contributed by atoms with E-state index >= 15 is 0 Å². The monoisotopic (exact) mass is 325 g/mol. The van der Waals surface area contributed by atoms with E-state index in [1.807, 2.05) is 0 Å². The second-order valence-corrected chi connectivity index (χ2v) is 7.86. The van der Waals surface area contributed by atoms with Crippen LogP contribution in [0.4, 0.5) is 0 Å². The number of amidine groups is 1. The van der Waals surface area contributed by atoms with Gasteiger partial charge in [-0.25, -0.2) is 8.42 Å². The van der Waals surface area contributed by atoms with Gasteiger partial charge in [0.25, 0.3) is 10.0 Å². The Bertz CT molecular complexity index is 578. The summed E-state index contributed by atoms with van der Waals surface area (Å²) in [6.07, 6.45) is 0.334. The number of hydrogen-bond donors (Lipinski definition) is 3. The van der Waals surface area contributed by atoms with Crippen LogP contribution < -0.4 is 10.5 Å². The fourth-order valence-corrected chi connectivity index (χ4v) is 4.49. The van der Waals surface area contributed by atoms with Gasteiger partial charge in [-0.3, -0.25) is 0 Å². The Morgan fingerprint density at radius 3 is 2.63 bits per heavy atom. The van der Waals surface area contributed by atoms with Crippen molar-refractivity contribution in [1.82, 2.24) is 4.72 Å². The van der Waals surface area contributed by atoms with E-state index in [1.54, 1.807) is 20.8 Å². The molecule has 1 atom stereocenters. The van der Waals surface area contributed by atoms with Crippen molar-refractivity contribution in [3.63, 3.8) is 0 Å². The summed E-state index contributed by atoms with van der Waals surface area (Å²) in [5.74, 6) is -0.196. The zero-order chi connectivity index (χ0) is 14.8. The van der Waals surface area contributed by atoms with Gasteiger partial charge in [0.15, 0.2) is 5.84 Å². The minimum Gasteiger partial charge on any atom is -0.409 e. The number of thiophene rings is 1. The SMILES string of the molecule is CCC(C)(NS(=O)(=O)c1cc(C)c(Cl)s1)C(N)=NO. The molecule has 1 aromatic rings. The maximum absolute atomic E-state index is 12.2. The zero-order valence-electron chi connectivity index (χ0n) is 10.8. The third-order valence-electron chi connectivity index (χ3n) is 2.84. The van der Waals surface area contributed by atoms with Crippen molar-refractivity contribution in [2.24, 2.45) is 10.9 Å². The van der Waals surface area contributed by atoms with Crippen LogP contribution >= 0.6 is 22.9 Å². The number of halogens is 1. The summed E-state index contributed by atoms with van der Waals surface area (Å²) in [4.78, 5) is 0. The Morgan fingerprint density at radius 1 is 1.68 bits per heavy atom. The predicted molar refractivity (Wildman–Crippen MR) is 76.5 cm³/mol. The minimum atomic E-state index is -3.77. The Hall–Kier alpha value is -0.830. The van der Waals surface area contributed by atoms with Crippen molar-refractivity contribution in [3.05, 3.63) is 16.0 Å². The zero-order valence-corrected chi connectivity index (χ0v) is 13.2. The first kappa shape index (κ1) is 16.2. The van der Waals surface area contributed by atoms with Crippen LogP contribution in [-0.4, -0.2) is 25.0 Å². The molecule has 0 fully saturated rings. The topological polar surface area (TPSA) is 105 Å². The lowest BCUT2D eigenvalue weighted by Crippen LogP contribution is -2.54. The van der Waals surface area contributed by atoms with Crippen LogP contribution in [0.15, 0.2) is 15.4 Å². The summed E-state index contributed by atoms with van der Waals surface area (Å²) < 4.78 is 27.4. The van der Waals surface area contributed by atoms with Gasteiger partial charge in [-0.05, 0) is 31.9 Å². The fraction of sp³-hybridized carbons (Fsp3) is 0.500. The van der Waals surface area contributed by atoms with Crippen molar-refractivity contribution in [3.8, 4) is 0 Å². The van der Waals surface area contributed by atoms with Crippen LogP contribution in [0.1, 0.15) is 25.8 Å². The quantitative estimate of drug-likeness (QED) is 0.333. The first-order valence-corrected chi connectivity index (χ1v) is 8.12. The van der Waals surface area contributed by atoms with Gasteiger partial charge in [-0.15, -0.1) is 11.3 Å². The smallest absolute Gasteiger partial charge is 0.251 e. The lowest BCUT2D eigenvalue weighted by molar-refractivity contribution is 0.310. The molecular formula is C10H16ClN3O3S2. The molecule has 6 nitrogen and oxygen atoms in total. The van der Waals surface area contributed by atoms with Crippen LogP contribution in [-0.2, 0) is 10.0 Å². The van der Waals surface area contributed by atoms with Gasteiger partial charge in [-0.1, -0.05) is 23.7 Å². The molecule has 1 unspecified atom stereocenters. The average molecular weight is 326 g/mol. The number of sulfonamides is 1. The lowest BCUT2D eigenvalue weighted by Gasteiger charge is -2.27. The van der Waals surface area contributed by atoms with Gasteiger partial charge in [0.2, 0.25) is 0 Å². The summed E-state index contributed by atoms with van der Waals surface area (Å²) in [7, 11) is -3.77. The summed E-state index contributed by atoms with van der Waals surface area (Å²) in [6.45, 7) is 5.00. The second-order valence-electron chi connectivity index (χ2n) is 4.30. The number of aryl methyl sites for hydroxylation is 1. The number of nitrogens with zero attached hydrogens (tertiary/aromatic N) is 1. The third kappa shape index (κ3) is 3.38. The molecular weight excluding hydrogens is 310 g/mol. The number of nitrogens with one attached hydrogen (secondary N) is 1. The van der Waals surface area contributed by atoms with Crippen molar-refractivity contribution >= 4 is 38.8 Å². The summed E-state index contributed by atoms with van der Waals surface area (Å²) >= 11 is 6.83. The molecule has 108 valence electrons. The molecule has 4 N–H and O–H groups in total. The number of hydrogen-bond acceptors (Lipinski definition) is 5. The first-order chi connectivity index (χ1) is 8.66. The van der Waals surface area contributed by atoms with E-state index in [4.69, 9.17) is 22.5 Å². The molecule has 0 aliphatic heterocycles. The molecule has 1 rings (SSSR count). The molecule has 9 heteroatoms. The molecule has 0 aromatic carbocycles. The number of rotatable bonds is 5. The van der Waals surface area contributed by atoms with Crippen LogP contribution in [0, 0.1) is 6.92 Å². The molecule has 19 heavy (non-hydrogen) atoms. The van der Waals surface area contributed by atoms with E-state index in [0.29, 0.717) is 16.3 Å². The van der Waals surface area contributed by atoms with Gasteiger partial charge in [0.1, 0.15) is 4.21 Å². The Morgan fingerprint density at radius 2 is 2.26 bits per heavy atom. The van der Waals surface area contributed by atoms with Crippen LogP contribution in [0.3, 0.4) is 0 Å². The Balaban J connectivity index is 3.15. The molecule has 0 spiro atoms. The van der Waals surface area contributed by atoms with Gasteiger partial charge >= 0.3 is 0 Å². The van der Waals surface area contributed by atoms with E-state index in [-0.39, 0.29) is 10.0 Å². The molecule has 0 radical (unpaired) electrons. The molecule has 0 bridgehead atoms. The van der Waals surface area contributed by atoms with Gasteiger partial charge in [0, 0.05) is 0 Å². The van der Waals surface area contributed by atoms with Crippen molar-refractivity contribution in [2.75, 3.05) is 0 Å². The van der Waals surface area contributed by atoms with E-state index < -0.39 is 15.6 Å². The van der Waals surface area contributed by atoms with E-state index in [1.165, 1.54) is 6.07 Å². The summed E-state index contributed by atoms with van der Waals surface area (Å²) in [5, 5.41) is 11.6. The maximum atomic E-state index is 12.2. The molecule has 0 aliphatic carbocycles. The number of oxime groups is 1. The molecule has 0 amide bonds. The maximum Gasteiger partial charge on any atom is 0.251 e. The van der Waals surface area contributed by atoms with Crippen LogP contribution in [0.25, 0.3) is 0 Å². The minimum absolute atomic E-state index is 0.0976. The standard InChI is InChI=1S/C10H16ClN3O3S2/c1-4-10(3,9(12)13-15)14-19(16,17)7-5-6(2)8(11)18-7/h5,14-15H,4H2,1-3H3,(H2,12,13). The fourth-order valence-electron chi connectivity index (χ4n) is 1.33. The Kier molecular flexibility index (Phi) is 4.83. The molecule has 0 saturated heterocycles.